The number of ether oxygens (including phenoxy) is 1. The number of nitrogens with one attached hydrogen (secondary N) is 1. The molecule has 1 atom stereocenters. The summed E-state index contributed by atoms with van der Waals surface area (Å²) in [5.74, 6) is 0.416. The van der Waals surface area contributed by atoms with Crippen molar-refractivity contribution in [3.8, 4) is 0 Å². The summed E-state index contributed by atoms with van der Waals surface area (Å²) < 4.78 is 4.92. The second-order valence-electron chi connectivity index (χ2n) is 5.18. The summed E-state index contributed by atoms with van der Waals surface area (Å²) in [4.78, 5) is 12.0. The Morgan fingerprint density at radius 2 is 2.00 bits per heavy atom. The Bertz CT molecular complexity index is 424. The maximum Gasteiger partial charge on any atom is 0.327 e. The minimum atomic E-state index is -0.355. The SMILES string of the molecule is COC(=O)C(NC(C)C)c1ccccc1C1CC1. The molecule has 0 aromatic heterocycles. The fraction of sp³-hybridized carbons (Fsp3) is 0.533. The van der Waals surface area contributed by atoms with Gasteiger partial charge in [0.2, 0.25) is 0 Å². The highest BCUT2D eigenvalue weighted by Gasteiger charge is 2.31. The number of rotatable bonds is 5. The van der Waals surface area contributed by atoms with E-state index >= 15 is 0 Å². The van der Waals surface area contributed by atoms with Gasteiger partial charge in [0, 0.05) is 6.04 Å². The first kappa shape index (κ1) is 13.1. The summed E-state index contributed by atoms with van der Waals surface area (Å²) >= 11 is 0. The topological polar surface area (TPSA) is 38.3 Å². The van der Waals surface area contributed by atoms with Crippen LogP contribution in [0.3, 0.4) is 0 Å². The standard InChI is InChI=1S/C15H21NO2/c1-10(2)16-14(15(17)18-3)13-7-5-4-6-12(13)11-8-9-11/h4-7,10-11,14,16H,8-9H2,1-3H3. The second kappa shape index (κ2) is 5.53. The van der Waals surface area contributed by atoms with Gasteiger partial charge in [0.25, 0.3) is 0 Å². The fourth-order valence-electron chi connectivity index (χ4n) is 2.28. The predicted molar refractivity (Wildman–Crippen MR) is 71.4 cm³/mol. The van der Waals surface area contributed by atoms with Crippen molar-refractivity contribution in [3.63, 3.8) is 0 Å². The van der Waals surface area contributed by atoms with Gasteiger partial charge >= 0.3 is 5.97 Å². The zero-order valence-electron chi connectivity index (χ0n) is 11.3. The van der Waals surface area contributed by atoms with Crippen LogP contribution in [0.5, 0.6) is 0 Å². The Kier molecular flexibility index (Phi) is 4.02. The van der Waals surface area contributed by atoms with Gasteiger partial charge in [0.15, 0.2) is 0 Å². The first-order valence-electron chi connectivity index (χ1n) is 6.56. The summed E-state index contributed by atoms with van der Waals surface area (Å²) in [7, 11) is 1.44. The lowest BCUT2D eigenvalue weighted by atomic mass is 9.96. The van der Waals surface area contributed by atoms with Crippen LogP contribution >= 0.6 is 0 Å². The van der Waals surface area contributed by atoms with Crippen LogP contribution in [-0.4, -0.2) is 19.1 Å². The lowest BCUT2D eigenvalue weighted by Gasteiger charge is -2.22. The van der Waals surface area contributed by atoms with E-state index < -0.39 is 0 Å². The van der Waals surface area contributed by atoms with Gasteiger partial charge in [0.1, 0.15) is 6.04 Å². The van der Waals surface area contributed by atoms with E-state index in [0.717, 1.165) is 5.56 Å². The number of hydrogen-bond donors (Lipinski definition) is 1. The van der Waals surface area contributed by atoms with Crippen molar-refractivity contribution >= 4 is 5.97 Å². The van der Waals surface area contributed by atoms with Gasteiger partial charge < -0.3 is 4.74 Å². The van der Waals surface area contributed by atoms with Crippen LogP contribution in [0, 0.1) is 0 Å². The van der Waals surface area contributed by atoms with Crippen molar-refractivity contribution < 1.29 is 9.53 Å². The third-order valence-corrected chi connectivity index (χ3v) is 3.26. The molecule has 0 heterocycles. The Labute approximate surface area is 109 Å². The van der Waals surface area contributed by atoms with E-state index in [9.17, 15) is 4.79 Å². The van der Waals surface area contributed by atoms with Gasteiger partial charge in [-0.1, -0.05) is 24.3 Å². The molecular weight excluding hydrogens is 226 g/mol. The van der Waals surface area contributed by atoms with Gasteiger partial charge in [-0.25, -0.2) is 4.79 Å². The molecule has 1 fully saturated rings. The zero-order valence-corrected chi connectivity index (χ0v) is 11.3. The molecule has 1 aromatic carbocycles. The molecule has 98 valence electrons. The van der Waals surface area contributed by atoms with Gasteiger partial charge in [-0.2, -0.15) is 0 Å². The minimum Gasteiger partial charge on any atom is -0.468 e. The van der Waals surface area contributed by atoms with Gasteiger partial charge in [-0.15, -0.1) is 0 Å². The molecule has 3 nitrogen and oxygen atoms in total. The van der Waals surface area contributed by atoms with E-state index in [-0.39, 0.29) is 18.1 Å². The average Bonchev–Trinajstić information content (AvgIpc) is 3.19. The van der Waals surface area contributed by atoms with Crippen LogP contribution in [0.2, 0.25) is 0 Å². The van der Waals surface area contributed by atoms with Gasteiger partial charge in [0.05, 0.1) is 7.11 Å². The molecular formula is C15H21NO2. The number of benzene rings is 1. The van der Waals surface area contributed by atoms with E-state index in [2.05, 4.69) is 11.4 Å². The van der Waals surface area contributed by atoms with E-state index in [4.69, 9.17) is 4.74 Å². The normalized spacial score (nSPS) is 16.7. The number of esters is 1. The number of methoxy groups -OCH3 is 1. The number of carbonyl (C=O) groups excluding carboxylic acids is 1. The quantitative estimate of drug-likeness (QED) is 0.813. The fourth-order valence-corrected chi connectivity index (χ4v) is 2.28. The lowest BCUT2D eigenvalue weighted by molar-refractivity contribution is -0.143. The molecule has 3 heteroatoms. The van der Waals surface area contributed by atoms with Crippen molar-refractivity contribution in [3.05, 3.63) is 35.4 Å². The number of carbonyl (C=O) groups is 1. The first-order chi connectivity index (χ1) is 8.63. The molecule has 1 aromatic rings. The van der Waals surface area contributed by atoms with Crippen LogP contribution in [-0.2, 0) is 9.53 Å². The van der Waals surface area contributed by atoms with Crippen LogP contribution in [0.15, 0.2) is 24.3 Å². The summed E-state index contributed by atoms with van der Waals surface area (Å²) in [5.41, 5.74) is 2.36. The van der Waals surface area contributed by atoms with Crippen LogP contribution < -0.4 is 5.32 Å². The molecule has 0 aliphatic heterocycles. The van der Waals surface area contributed by atoms with Crippen LogP contribution in [0.25, 0.3) is 0 Å². The third-order valence-electron chi connectivity index (χ3n) is 3.26. The maximum absolute atomic E-state index is 12.0. The molecule has 1 N–H and O–H groups in total. The Morgan fingerprint density at radius 1 is 1.33 bits per heavy atom. The highest BCUT2D eigenvalue weighted by Crippen LogP contribution is 2.43. The van der Waals surface area contributed by atoms with Crippen molar-refractivity contribution in [2.24, 2.45) is 0 Å². The summed E-state index contributed by atoms with van der Waals surface area (Å²) in [6.45, 7) is 4.07. The van der Waals surface area contributed by atoms with Crippen LogP contribution in [0.1, 0.15) is 49.8 Å². The summed E-state index contributed by atoms with van der Waals surface area (Å²) in [6, 6.07) is 8.07. The molecule has 1 aliphatic rings. The number of hydrogen-bond acceptors (Lipinski definition) is 3. The van der Waals surface area contributed by atoms with E-state index in [1.54, 1.807) is 0 Å². The molecule has 1 unspecified atom stereocenters. The molecule has 1 aliphatic carbocycles. The largest absolute Gasteiger partial charge is 0.468 e. The van der Waals surface area contributed by atoms with Crippen molar-refractivity contribution in [2.75, 3.05) is 7.11 Å². The molecule has 0 bridgehead atoms. The lowest BCUT2D eigenvalue weighted by Crippen LogP contribution is -2.35. The Hall–Kier alpha value is -1.35. The molecule has 0 amide bonds. The van der Waals surface area contributed by atoms with Crippen molar-refractivity contribution in [2.45, 2.75) is 44.7 Å². The van der Waals surface area contributed by atoms with Gasteiger partial charge in [-0.05, 0) is 43.7 Å². The molecule has 0 radical (unpaired) electrons. The first-order valence-corrected chi connectivity index (χ1v) is 6.56. The van der Waals surface area contributed by atoms with Crippen molar-refractivity contribution in [1.82, 2.24) is 5.32 Å². The molecule has 0 saturated heterocycles. The smallest absolute Gasteiger partial charge is 0.327 e. The molecule has 18 heavy (non-hydrogen) atoms. The molecule has 0 spiro atoms. The third kappa shape index (κ3) is 2.91. The zero-order chi connectivity index (χ0) is 13.1. The highest BCUT2D eigenvalue weighted by atomic mass is 16.5. The maximum atomic E-state index is 12.0. The Morgan fingerprint density at radius 3 is 2.56 bits per heavy atom. The monoisotopic (exact) mass is 247 g/mol. The Balaban J connectivity index is 2.31. The molecule has 2 rings (SSSR count). The van der Waals surface area contributed by atoms with E-state index in [0.29, 0.717) is 5.92 Å². The van der Waals surface area contributed by atoms with Crippen LogP contribution in [0.4, 0.5) is 0 Å². The summed E-state index contributed by atoms with van der Waals surface area (Å²) in [6.07, 6.45) is 2.46. The summed E-state index contributed by atoms with van der Waals surface area (Å²) in [5, 5.41) is 3.30. The average molecular weight is 247 g/mol. The van der Waals surface area contributed by atoms with E-state index in [1.807, 2.05) is 32.0 Å². The van der Waals surface area contributed by atoms with Crippen molar-refractivity contribution in [1.29, 1.82) is 0 Å². The molecule has 1 saturated carbocycles. The minimum absolute atomic E-state index is 0.211. The van der Waals surface area contributed by atoms with Gasteiger partial charge in [-0.3, -0.25) is 5.32 Å². The van der Waals surface area contributed by atoms with E-state index in [1.165, 1.54) is 25.5 Å². The second-order valence-corrected chi connectivity index (χ2v) is 5.18. The highest BCUT2D eigenvalue weighted by molar-refractivity contribution is 5.78. The predicted octanol–water partition coefficient (Wildman–Crippen LogP) is 2.78.